The Morgan fingerprint density at radius 3 is 2.48 bits per heavy atom. The Hall–Kier alpha value is -1.76. The SMILES string of the molecule is CCNC(=O)C1CCCN1C(=O)C(C1CCCCC1)N(N)/C=C(\N)C1CC1. The van der Waals surface area contributed by atoms with Gasteiger partial charge in [-0.2, -0.15) is 0 Å². The van der Waals surface area contributed by atoms with Gasteiger partial charge in [0.1, 0.15) is 12.1 Å². The van der Waals surface area contributed by atoms with Crippen molar-refractivity contribution in [3.05, 3.63) is 11.9 Å². The summed E-state index contributed by atoms with van der Waals surface area (Å²) in [6.45, 7) is 3.10. The predicted octanol–water partition coefficient (Wildman–Crippen LogP) is 1.45. The molecule has 2 saturated carbocycles. The summed E-state index contributed by atoms with van der Waals surface area (Å²) in [6.07, 6.45) is 11.0. The van der Waals surface area contributed by atoms with Gasteiger partial charge < -0.3 is 21.0 Å². The Morgan fingerprint density at radius 1 is 1.15 bits per heavy atom. The van der Waals surface area contributed by atoms with Crippen LogP contribution in [0.4, 0.5) is 0 Å². The number of nitrogens with two attached hydrogens (primary N) is 2. The van der Waals surface area contributed by atoms with E-state index in [9.17, 15) is 9.59 Å². The lowest BCUT2D eigenvalue weighted by atomic mass is 9.83. The van der Waals surface area contributed by atoms with E-state index in [2.05, 4.69) is 5.32 Å². The van der Waals surface area contributed by atoms with Crippen LogP contribution < -0.4 is 16.9 Å². The molecule has 27 heavy (non-hydrogen) atoms. The number of allylic oxidation sites excluding steroid dienone is 1. The zero-order valence-electron chi connectivity index (χ0n) is 16.5. The summed E-state index contributed by atoms with van der Waals surface area (Å²) >= 11 is 0. The van der Waals surface area contributed by atoms with E-state index < -0.39 is 6.04 Å². The molecule has 2 amide bonds. The second-order valence-corrected chi connectivity index (χ2v) is 8.28. The Labute approximate surface area is 162 Å². The standard InChI is InChI=1S/C20H35N5O2/c1-2-23-19(26)17-9-6-12-24(17)20(27)18(15-7-4-3-5-8-15)25(22)13-16(21)14-10-11-14/h13-15,17-18H,2-12,21-22H2,1H3,(H,23,26)/b16-13-. The lowest BCUT2D eigenvalue weighted by Crippen LogP contribution is -2.56. The number of likely N-dealkylation sites (tertiary alicyclic amines) is 1. The summed E-state index contributed by atoms with van der Waals surface area (Å²) in [6, 6.07) is -0.806. The maximum absolute atomic E-state index is 13.5. The summed E-state index contributed by atoms with van der Waals surface area (Å²) in [5.41, 5.74) is 6.94. The molecule has 1 saturated heterocycles. The first-order chi connectivity index (χ1) is 13.0. The van der Waals surface area contributed by atoms with Crippen LogP contribution in [0.15, 0.2) is 11.9 Å². The molecular formula is C20H35N5O2. The second kappa shape index (κ2) is 8.95. The number of carbonyl (C=O) groups excluding carboxylic acids is 2. The molecular weight excluding hydrogens is 342 g/mol. The molecule has 0 spiro atoms. The number of hydrogen-bond acceptors (Lipinski definition) is 5. The molecule has 2 unspecified atom stereocenters. The van der Waals surface area contributed by atoms with Gasteiger partial charge in [0, 0.05) is 30.9 Å². The highest BCUT2D eigenvalue weighted by atomic mass is 16.2. The van der Waals surface area contributed by atoms with Crippen LogP contribution >= 0.6 is 0 Å². The van der Waals surface area contributed by atoms with E-state index in [0.717, 1.165) is 57.1 Å². The third-order valence-corrected chi connectivity index (χ3v) is 6.21. The van der Waals surface area contributed by atoms with Crippen molar-refractivity contribution in [3.63, 3.8) is 0 Å². The number of carbonyl (C=O) groups is 2. The number of likely N-dealkylation sites (N-methyl/N-ethyl adjacent to an activating group) is 1. The van der Waals surface area contributed by atoms with Crippen molar-refractivity contribution in [3.8, 4) is 0 Å². The Balaban J connectivity index is 1.79. The minimum absolute atomic E-state index is 0.0157. The van der Waals surface area contributed by atoms with Crippen LogP contribution in [0.5, 0.6) is 0 Å². The highest BCUT2D eigenvalue weighted by Gasteiger charge is 2.41. The zero-order valence-corrected chi connectivity index (χ0v) is 16.5. The number of nitrogens with one attached hydrogen (secondary N) is 1. The van der Waals surface area contributed by atoms with Crippen LogP contribution in [0, 0.1) is 11.8 Å². The molecule has 0 bridgehead atoms. The fraction of sp³-hybridized carbons (Fsp3) is 0.800. The number of hydrazine groups is 1. The zero-order chi connectivity index (χ0) is 19.4. The largest absolute Gasteiger partial charge is 0.401 e. The van der Waals surface area contributed by atoms with Crippen molar-refractivity contribution in [2.24, 2.45) is 23.4 Å². The number of nitrogens with zero attached hydrogens (tertiary/aromatic N) is 2. The minimum Gasteiger partial charge on any atom is -0.401 e. The smallest absolute Gasteiger partial charge is 0.247 e. The Kier molecular flexibility index (Phi) is 6.63. The summed E-state index contributed by atoms with van der Waals surface area (Å²) in [5, 5.41) is 4.42. The van der Waals surface area contributed by atoms with Crippen LogP contribution in [0.2, 0.25) is 0 Å². The van der Waals surface area contributed by atoms with E-state index in [4.69, 9.17) is 11.6 Å². The lowest BCUT2D eigenvalue weighted by Gasteiger charge is -2.38. The molecule has 0 aromatic heterocycles. The van der Waals surface area contributed by atoms with Crippen LogP contribution in [0.1, 0.15) is 64.7 Å². The summed E-state index contributed by atoms with van der Waals surface area (Å²) in [4.78, 5) is 27.7. The van der Waals surface area contributed by atoms with E-state index in [1.165, 1.54) is 6.42 Å². The van der Waals surface area contributed by atoms with Gasteiger partial charge in [0.15, 0.2) is 0 Å². The number of amides is 2. The van der Waals surface area contributed by atoms with Gasteiger partial charge >= 0.3 is 0 Å². The average Bonchev–Trinajstić information content (AvgIpc) is 3.39. The fourth-order valence-corrected chi connectivity index (χ4v) is 4.56. The first-order valence-corrected chi connectivity index (χ1v) is 10.6. The monoisotopic (exact) mass is 377 g/mol. The lowest BCUT2D eigenvalue weighted by molar-refractivity contribution is -0.144. The molecule has 3 aliphatic rings. The molecule has 3 fully saturated rings. The van der Waals surface area contributed by atoms with Crippen molar-refractivity contribution in [2.45, 2.75) is 76.8 Å². The van der Waals surface area contributed by atoms with E-state index in [1.54, 1.807) is 16.1 Å². The molecule has 0 radical (unpaired) electrons. The summed E-state index contributed by atoms with van der Waals surface area (Å²) in [7, 11) is 0. The molecule has 0 aromatic carbocycles. The van der Waals surface area contributed by atoms with Gasteiger partial charge in [-0.3, -0.25) is 9.59 Å². The third-order valence-electron chi connectivity index (χ3n) is 6.21. The molecule has 152 valence electrons. The minimum atomic E-state index is -0.433. The normalized spacial score (nSPS) is 25.3. The van der Waals surface area contributed by atoms with Gasteiger partial charge in [0.05, 0.1) is 0 Å². The maximum Gasteiger partial charge on any atom is 0.247 e. The first-order valence-electron chi connectivity index (χ1n) is 10.6. The topological polar surface area (TPSA) is 105 Å². The van der Waals surface area contributed by atoms with Crippen molar-refractivity contribution >= 4 is 11.8 Å². The van der Waals surface area contributed by atoms with Gasteiger partial charge in [-0.25, -0.2) is 5.84 Å². The van der Waals surface area contributed by atoms with Gasteiger partial charge in [0.2, 0.25) is 11.8 Å². The Bertz CT molecular complexity index is 569. The van der Waals surface area contributed by atoms with Crippen LogP contribution in [0.3, 0.4) is 0 Å². The van der Waals surface area contributed by atoms with E-state index in [1.807, 2.05) is 6.92 Å². The second-order valence-electron chi connectivity index (χ2n) is 8.28. The molecule has 0 aromatic rings. The number of rotatable bonds is 7. The van der Waals surface area contributed by atoms with Crippen LogP contribution in [-0.2, 0) is 9.59 Å². The quantitative estimate of drug-likeness (QED) is 0.460. The molecule has 7 nitrogen and oxygen atoms in total. The Morgan fingerprint density at radius 2 is 1.85 bits per heavy atom. The fourth-order valence-electron chi connectivity index (χ4n) is 4.56. The molecule has 7 heteroatoms. The molecule has 3 rings (SSSR count). The maximum atomic E-state index is 13.5. The molecule has 5 N–H and O–H groups in total. The van der Waals surface area contributed by atoms with Crippen molar-refractivity contribution in [2.75, 3.05) is 13.1 Å². The van der Waals surface area contributed by atoms with Gasteiger partial charge in [0.25, 0.3) is 0 Å². The molecule has 1 aliphatic heterocycles. The molecule has 2 atom stereocenters. The number of hydrogen-bond donors (Lipinski definition) is 3. The predicted molar refractivity (Wildman–Crippen MR) is 105 cm³/mol. The average molecular weight is 378 g/mol. The van der Waals surface area contributed by atoms with E-state index in [0.29, 0.717) is 19.0 Å². The highest BCUT2D eigenvalue weighted by molar-refractivity contribution is 5.90. The van der Waals surface area contributed by atoms with Crippen molar-refractivity contribution in [1.82, 2.24) is 15.2 Å². The molecule has 1 heterocycles. The van der Waals surface area contributed by atoms with Crippen molar-refractivity contribution < 1.29 is 9.59 Å². The highest BCUT2D eigenvalue weighted by Crippen LogP contribution is 2.35. The van der Waals surface area contributed by atoms with E-state index >= 15 is 0 Å². The summed E-state index contributed by atoms with van der Waals surface area (Å²) < 4.78 is 0. The van der Waals surface area contributed by atoms with Gasteiger partial charge in [-0.05, 0) is 51.4 Å². The van der Waals surface area contributed by atoms with Crippen LogP contribution in [0.25, 0.3) is 0 Å². The van der Waals surface area contributed by atoms with Crippen molar-refractivity contribution in [1.29, 1.82) is 0 Å². The van der Waals surface area contributed by atoms with Gasteiger partial charge in [-0.15, -0.1) is 0 Å². The third kappa shape index (κ3) is 4.75. The first kappa shape index (κ1) is 20.0. The molecule has 2 aliphatic carbocycles. The van der Waals surface area contributed by atoms with Crippen LogP contribution in [-0.4, -0.2) is 46.9 Å². The summed E-state index contributed by atoms with van der Waals surface area (Å²) in [5.74, 6) is 6.95. The van der Waals surface area contributed by atoms with Gasteiger partial charge in [-0.1, -0.05) is 19.3 Å². The van der Waals surface area contributed by atoms with E-state index in [-0.39, 0.29) is 23.8 Å².